The van der Waals surface area contributed by atoms with Crippen molar-refractivity contribution in [3.8, 4) is 0 Å². The van der Waals surface area contributed by atoms with Gasteiger partial charge in [-0.05, 0) is 25.6 Å². The third kappa shape index (κ3) is 4.39. The highest BCUT2D eigenvalue weighted by Gasteiger charge is 1.97. The molecule has 2 heteroatoms. The van der Waals surface area contributed by atoms with E-state index in [-0.39, 0.29) is 0 Å². The van der Waals surface area contributed by atoms with Crippen LogP contribution in [-0.4, -0.2) is 12.7 Å². The highest BCUT2D eigenvalue weighted by atomic mass is 15.1. The molecule has 0 bridgehead atoms. The fourth-order valence-corrected chi connectivity index (χ4v) is 0.782. The van der Waals surface area contributed by atoms with Crippen molar-refractivity contribution in [2.24, 2.45) is 0 Å². The molecule has 0 aromatic heterocycles. The molecule has 2 nitrogen and oxygen atoms in total. The van der Waals surface area contributed by atoms with Gasteiger partial charge in [-0.1, -0.05) is 20.4 Å². The van der Waals surface area contributed by atoms with Crippen LogP contribution in [0.2, 0.25) is 0 Å². The minimum atomic E-state index is 0.400. The first kappa shape index (κ1) is 9.50. The molecule has 1 atom stereocenters. The van der Waals surface area contributed by atoms with Gasteiger partial charge in [0.05, 0.1) is 6.17 Å². The summed E-state index contributed by atoms with van der Waals surface area (Å²) in [4.78, 5) is 0. The molecule has 0 amide bonds. The smallest absolute Gasteiger partial charge is 0.0760 e. The standard InChI is InChI=1S/C8H18N2/c1-4-7-10-8(5-2)9-6-3/h6,8-10H,3-5,7H2,1-2H3. The molecule has 0 fully saturated rings. The Kier molecular flexibility index (Phi) is 6.29. The maximum absolute atomic E-state index is 3.61. The largest absolute Gasteiger partial charge is 0.376 e. The van der Waals surface area contributed by atoms with Gasteiger partial charge >= 0.3 is 0 Å². The van der Waals surface area contributed by atoms with E-state index in [2.05, 4.69) is 31.1 Å². The van der Waals surface area contributed by atoms with E-state index in [9.17, 15) is 0 Å². The first-order valence-corrected chi connectivity index (χ1v) is 3.95. The molecule has 0 aliphatic carbocycles. The van der Waals surface area contributed by atoms with Crippen molar-refractivity contribution in [3.05, 3.63) is 12.8 Å². The zero-order chi connectivity index (χ0) is 7.82. The molecule has 10 heavy (non-hydrogen) atoms. The van der Waals surface area contributed by atoms with E-state index in [4.69, 9.17) is 0 Å². The van der Waals surface area contributed by atoms with E-state index >= 15 is 0 Å². The summed E-state index contributed by atoms with van der Waals surface area (Å²) in [5.74, 6) is 0. The first-order valence-electron chi connectivity index (χ1n) is 3.95. The van der Waals surface area contributed by atoms with Crippen molar-refractivity contribution in [3.63, 3.8) is 0 Å². The van der Waals surface area contributed by atoms with Crippen LogP contribution in [0.25, 0.3) is 0 Å². The predicted octanol–water partition coefficient (Wildman–Crippen LogP) is 1.46. The van der Waals surface area contributed by atoms with Crippen LogP contribution in [0.15, 0.2) is 12.8 Å². The van der Waals surface area contributed by atoms with Gasteiger partial charge in [-0.2, -0.15) is 0 Å². The monoisotopic (exact) mass is 142 g/mol. The number of nitrogens with one attached hydrogen (secondary N) is 2. The lowest BCUT2D eigenvalue weighted by molar-refractivity contribution is 0.459. The van der Waals surface area contributed by atoms with Gasteiger partial charge in [-0.3, -0.25) is 5.32 Å². The average Bonchev–Trinajstić information content (AvgIpc) is 1.98. The summed E-state index contributed by atoms with van der Waals surface area (Å²) in [6.45, 7) is 8.98. The molecule has 0 aromatic rings. The molecule has 60 valence electrons. The van der Waals surface area contributed by atoms with Crippen LogP contribution in [0.1, 0.15) is 26.7 Å². The van der Waals surface area contributed by atoms with Crippen molar-refractivity contribution < 1.29 is 0 Å². The molecule has 0 radical (unpaired) electrons. The van der Waals surface area contributed by atoms with Crippen LogP contribution in [0.3, 0.4) is 0 Å². The van der Waals surface area contributed by atoms with Gasteiger partial charge in [-0.25, -0.2) is 0 Å². The lowest BCUT2D eigenvalue weighted by atomic mass is 10.3. The minimum Gasteiger partial charge on any atom is -0.376 e. The summed E-state index contributed by atoms with van der Waals surface area (Å²) < 4.78 is 0. The minimum absolute atomic E-state index is 0.400. The van der Waals surface area contributed by atoms with E-state index in [1.807, 2.05) is 0 Å². The van der Waals surface area contributed by atoms with Gasteiger partial charge in [0.15, 0.2) is 0 Å². The summed E-state index contributed by atoms with van der Waals surface area (Å²) in [5.41, 5.74) is 0. The molecule has 2 N–H and O–H groups in total. The van der Waals surface area contributed by atoms with Crippen molar-refractivity contribution in [1.82, 2.24) is 10.6 Å². The molecule has 1 unspecified atom stereocenters. The molecule has 0 aliphatic heterocycles. The van der Waals surface area contributed by atoms with Gasteiger partial charge in [0, 0.05) is 0 Å². The Bertz CT molecular complexity index is 81.3. The Morgan fingerprint density at radius 1 is 1.50 bits per heavy atom. The Hall–Kier alpha value is -0.500. The summed E-state index contributed by atoms with van der Waals surface area (Å²) in [7, 11) is 0. The summed E-state index contributed by atoms with van der Waals surface area (Å²) in [6, 6.07) is 0. The van der Waals surface area contributed by atoms with Crippen molar-refractivity contribution in [2.75, 3.05) is 6.54 Å². The number of hydrogen-bond acceptors (Lipinski definition) is 2. The van der Waals surface area contributed by atoms with Crippen molar-refractivity contribution in [2.45, 2.75) is 32.9 Å². The fourth-order valence-electron chi connectivity index (χ4n) is 0.782. The van der Waals surface area contributed by atoms with Gasteiger partial charge in [0.1, 0.15) is 0 Å². The summed E-state index contributed by atoms with van der Waals surface area (Å²) in [5, 5.41) is 6.46. The Morgan fingerprint density at radius 2 is 2.20 bits per heavy atom. The quantitative estimate of drug-likeness (QED) is 0.549. The molecular formula is C8H18N2. The molecule has 0 spiro atoms. The normalized spacial score (nSPS) is 12.6. The lowest BCUT2D eigenvalue weighted by Gasteiger charge is -2.15. The van der Waals surface area contributed by atoms with Gasteiger partial charge in [-0.15, -0.1) is 0 Å². The van der Waals surface area contributed by atoms with E-state index in [0.29, 0.717) is 6.17 Å². The molecule has 0 aliphatic rings. The van der Waals surface area contributed by atoms with Crippen molar-refractivity contribution in [1.29, 1.82) is 0 Å². The third-order valence-electron chi connectivity index (χ3n) is 1.37. The molecule has 0 aromatic carbocycles. The second-order valence-corrected chi connectivity index (χ2v) is 2.29. The highest BCUT2D eigenvalue weighted by molar-refractivity contribution is 4.70. The second-order valence-electron chi connectivity index (χ2n) is 2.29. The number of hydrogen-bond donors (Lipinski definition) is 2. The van der Waals surface area contributed by atoms with Crippen molar-refractivity contribution >= 4 is 0 Å². The third-order valence-corrected chi connectivity index (χ3v) is 1.37. The van der Waals surface area contributed by atoms with Crippen LogP contribution in [0.5, 0.6) is 0 Å². The summed E-state index contributed by atoms with van der Waals surface area (Å²) in [6.07, 6.45) is 4.40. The van der Waals surface area contributed by atoms with E-state index in [1.54, 1.807) is 6.20 Å². The Labute approximate surface area is 63.7 Å². The van der Waals surface area contributed by atoms with E-state index in [1.165, 1.54) is 6.42 Å². The van der Waals surface area contributed by atoms with Gasteiger partial charge < -0.3 is 5.32 Å². The van der Waals surface area contributed by atoms with Gasteiger partial charge in [0.2, 0.25) is 0 Å². The second kappa shape index (κ2) is 6.62. The number of rotatable bonds is 6. The van der Waals surface area contributed by atoms with Gasteiger partial charge in [0.25, 0.3) is 0 Å². The molecule has 0 heterocycles. The van der Waals surface area contributed by atoms with E-state index in [0.717, 1.165) is 13.0 Å². The SMILES string of the molecule is C=CNC(CC)NCCC. The zero-order valence-electron chi connectivity index (χ0n) is 6.98. The zero-order valence-corrected chi connectivity index (χ0v) is 6.98. The molecule has 0 saturated carbocycles. The lowest BCUT2D eigenvalue weighted by Crippen LogP contribution is -2.39. The molecule has 0 saturated heterocycles. The fraction of sp³-hybridized carbons (Fsp3) is 0.750. The van der Waals surface area contributed by atoms with Crippen LogP contribution >= 0.6 is 0 Å². The topological polar surface area (TPSA) is 24.1 Å². The summed E-state index contributed by atoms with van der Waals surface area (Å²) >= 11 is 0. The first-order chi connectivity index (χ1) is 4.85. The highest BCUT2D eigenvalue weighted by Crippen LogP contribution is 1.85. The Morgan fingerprint density at radius 3 is 2.60 bits per heavy atom. The molecule has 0 rings (SSSR count). The van der Waals surface area contributed by atoms with Crippen LogP contribution in [0.4, 0.5) is 0 Å². The predicted molar refractivity (Wildman–Crippen MR) is 45.7 cm³/mol. The maximum Gasteiger partial charge on any atom is 0.0760 e. The molecular weight excluding hydrogens is 124 g/mol. The van der Waals surface area contributed by atoms with Crippen LogP contribution < -0.4 is 10.6 Å². The maximum atomic E-state index is 3.61. The van der Waals surface area contributed by atoms with Crippen LogP contribution in [-0.2, 0) is 0 Å². The Balaban J connectivity index is 3.29. The average molecular weight is 142 g/mol. The van der Waals surface area contributed by atoms with Crippen LogP contribution in [0, 0.1) is 0 Å². The van der Waals surface area contributed by atoms with E-state index < -0.39 is 0 Å².